The van der Waals surface area contributed by atoms with E-state index in [2.05, 4.69) is 20.6 Å². The zero-order valence-electron chi connectivity index (χ0n) is 21.6. The molecule has 1 unspecified atom stereocenters. The minimum Gasteiger partial charge on any atom is -0.382 e. The molecule has 0 aliphatic carbocycles. The summed E-state index contributed by atoms with van der Waals surface area (Å²) in [7, 11) is 0. The largest absolute Gasteiger partial charge is 0.416 e. The fourth-order valence-corrected chi connectivity index (χ4v) is 4.85. The summed E-state index contributed by atoms with van der Waals surface area (Å²) in [4.78, 5) is 39.9. The molecule has 0 bridgehead atoms. The number of fused-ring (bicyclic) bond motifs is 1. The number of likely N-dealkylation sites (tertiary alicyclic amines) is 1. The van der Waals surface area contributed by atoms with Gasteiger partial charge in [-0.05, 0) is 44.0 Å². The first-order chi connectivity index (χ1) is 19.2. The van der Waals surface area contributed by atoms with Gasteiger partial charge in [-0.15, -0.1) is 0 Å². The summed E-state index contributed by atoms with van der Waals surface area (Å²) in [6.45, 7) is 3.60. The number of nitrogens with one attached hydrogen (secondary N) is 2. The summed E-state index contributed by atoms with van der Waals surface area (Å²) < 4.78 is 40.9. The van der Waals surface area contributed by atoms with Crippen LogP contribution in [0.5, 0.6) is 0 Å². The van der Waals surface area contributed by atoms with E-state index in [4.69, 9.17) is 10.7 Å². The third-order valence-corrected chi connectivity index (χ3v) is 6.76. The molecule has 3 amide bonds. The van der Waals surface area contributed by atoms with Crippen molar-refractivity contribution in [2.45, 2.75) is 31.9 Å². The van der Waals surface area contributed by atoms with Crippen LogP contribution in [0.1, 0.15) is 47.4 Å². The summed E-state index contributed by atoms with van der Waals surface area (Å²) >= 11 is 0. The molecule has 10 nitrogen and oxygen atoms in total. The van der Waals surface area contributed by atoms with Crippen LogP contribution in [0.2, 0.25) is 0 Å². The molecular weight excluding hydrogens is 525 g/mol. The summed E-state index contributed by atoms with van der Waals surface area (Å²) in [6.07, 6.45) is 1.49. The molecule has 1 aliphatic rings. The Hall–Kier alpha value is -4.68. The lowest BCUT2D eigenvalue weighted by Gasteiger charge is -2.32. The monoisotopic (exact) mass is 552 g/mol. The summed E-state index contributed by atoms with van der Waals surface area (Å²) in [5, 5.41) is 5.25. The minimum absolute atomic E-state index is 0.0237. The SMILES string of the molecule is CCNC(=O)N1CCCC(c2nc(-c3ccc(C(=O)Nc4cc(C(F)(F)F)ccn4)cc3)c3c(N)nccn23)C1. The van der Waals surface area contributed by atoms with Crippen molar-refractivity contribution in [2.75, 3.05) is 30.7 Å². The number of hydrogen-bond donors (Lipinski definition) is 3. The van der Waals surface area contributed by atoms with Gasteiger partial charge >= 0.3 is 12.2 Å². The zero-order valence-corrected chi connectivity index (χ0v) is 21.6. The van der Waals surface area contributed by atoms with Crippen LogP contribution in [0.4, 0.5) is 29.6 Å². The summed E-state index contributed by atoms with van der Waals surface area (Å²) in [6, 6.07) is 7.98. The number of nitrogens with two attached hydrogens (primary N) is 1. The van der Waals surface area contributed by atoms with Gasteiger partial charge in [0.1, 0.15) is 28.7 Å². The van der Waals surface area contributed by atoms with E-state index in [1.165, 1.54) is 0 Å². The molecule has 208 valence electrons. The van der Waals surface area contributed by atoms with Crippen molar-refractivity contribution in [3.8, 4) is 11.3 Å². The van der Waals surface area contributed by atoms with E-state index < -0.39 is 17.6 Å². The van der Waals surface area contributed by atoms with Crippen LogP contribution >= 0.6 is 0 Å². The van der Waals surface area contributed by atoms with Crippen molar-refractivity contribution >= 4 is 29.1 Å². The first kappa shape index (κ1) is 26.9. The molecule has 1 atom stereocenters. The third kappa shape index (κ3) is 5.40. The second-order valence-electron chi connectivity index (χ2n) is 9.43. The highest BCUT2D eigenvalue weighted by molar-refractivity contribution is 6.04. The van der Waals surface area contributed by atoms with E-state index in [1.807, 2.05) is 11.3 Å². The van der Waals surface area contributed by atoms with Crippen molar-refractivity contribution in [2.24, 2.45) is 0 Å². The topological polar surface area (TPSA) is 131 Å². The number of amides is 3. The number of aromatic nitrogens is 4. The Bertz CT molecular complexity index is 1550. The fraction of sp³-hybridized carbons (Fsp3) is 0.296. The highest BCUT2D eigenvalue weighted by atomic mass is 19.4. The third-order valence-electron chi connectivity index (χ3n) is 6.76. The number of rotatable bonds is 5. The minimum atomic E-state index is -4.55. The molecule has 13 heteroatoms. The van der Waals surface area contributed by atoms with Crippen molar-refractivity contribution in [1.29, 1.82) is 0 Å². The molecule has 5 rings (SSSR count). The molecule has 0 saturated carbocycles. The lowest BCUT2D eigenvalue weighted by molar-refractivity contribution is -0.137. The van der Waals surface area contributed by atoms with Gasteiger partial charge in [0.2, 0.25) is 0 Å². The van der Waals surface area contributed by atoms with E-state index >= 15 is 0 Å². The quantitative estimate of drug-likeness (QED) is 0.333. The van der Waals surface area contributed by atoms with E-state index in [0.29, 0.717) is 36.4 Å². The van der Waals surface area contributed by atoms with Gasteiger partial charge in [0.15, 0.2) is 0 Å². The molecule has 1 aromatic carbocycles. The molecule has 40 heavy (non-hydrogen) atoms. The van der Waals surface area contributed by atoms with Gasteiger partial charge in [-0.1, -0.05) is 12.1 Å². The lowest BCUT2D eigenvalue weighted by atomic mass is 9.97. The normalized spacial score (nSPS) is 15.7. The van der Waals surface area contributed by atoms with Gasteiger partial charge in [-0.2, -0.15) is 13.2 Å². The predicted octanol–water partition coefficient (Wildman–Crippen LogP) is 4.55. The van der Waals surface area contributed by atoms with Gasteiger partial charge < -0.3 is 21.3 Å². The molecule has 4 heterocycles. The Morgan fingerprint density at radius 2 is 1.90 bits per heavy atom. The van der Waals surface area contributed by atoms with Crippen molar-refractivity contribution in [3.05, 3.63) is 71.9 Å². The van der Waals surface area contributed by atoms with Crippen molar-refractivity contribution in [1.82, 2.24) is 29.6 Å². The molecule has 1 aliphatic heterocycles. The number of benzene rings is 1. The number of alkyl halides is 3. The first-order valence-corrected chi connectivity index (χ1v) is 12.8. The number of carbonyl (C=O) groups excluding carboxylic acids is 2. The average Bonchev–Trinajstić information content (AvgIpc) is 3.34. The Morgan fingerprint density at radius 3 is 2.62 bits per heavy atom. The average molecular weight is 553 g/mol. The fourth-order valence-electron chi connectivity index (χ4n) is 4.85. The summed E-state index contributed by atoms with van der Waals surface area (Å²) in [5.74, 6) is 0.198. The van der Waals surface area contributed by atoms with Gasteiger partial charge in [-0.3, -0.25) is 9.20 Å². The van der Waals surface area contributed by atoms with E-state index in [0.717, 1.165) is 37.0 Å². The van der Waals surface area contributed by atoms with Crippen molar-refractivity contribution < 1.29 is 22.8 Å². The molecule has 1 saturated heterocycles. The molecule has 3 aromatic heterocycles. The molecule has 0 radical (unpaired) electrons. The number of anilines is 2. The number of halogens is 3. The first-order valence-electron chi connectivity index (χ1n) is 12.8. The van der Waals surface area contributed by atoms with Gasteiger partial charge in [0, 0.05) is 55.3 Å². The molecule has 4 N–H and O–H groups in total. The second-order valence-corrected chi connectivity index (χ2v) is 9.43. The Kier molecular flexibility index (Phi) is 7.28. The number of hydrogen-bond acceptors (Lipinski definition) is 6. The van der Waals surface area contributed by atoms with Crippen LogP contribution in [-0.4, -0.2) is 55.8 Å². The second kappa shape index (κ2) is 10.8. The van der Waals surface area contributed by atoms with Gasteiger partial charge in [-0.25, -0.2) is 19.7 Å². The molecular formula is C27H27F3N8O2. The highest BCUT2D eigenvalue weighted by Crippen LogP contribution is 2.34. The molecule has 4 aromatic rings. The number of carbonyl (C=O) groups is 2. The molecule has 1 fully saturated rings. The van der Waals surface area contributed by atoms with Crippen LogP contribution in [-0.2, 0) is 6.18 Å². The number of nitrogen functional groups attached to an aromatic ring is 1. The van der Waals surface area contributed by atoms with E-state index in [1.54, 1.807) is 41.6 Å². The number of urea groups is 1. The number of piperidine rings is 1. The van der Waals surface area contributed by atoms with Gasteiger partial charge in [0.05, 0.1) is 5.56 Å². The van der Waals surface area contributed by atoms with Crippen molar-refractivity contribution in [3.63, 3.8) is 0 Å². The van der Waals surface area contributed by atoms with Crippen LogP contribution in [0.3, 0.4) is 0 Å². The number of pyridine rings is 1. The standard InChI is InChI=1S/C27H27F3N8O2/c1-2-32-26(40)37-12-3-4-18(15-37)24-36-21(22-23(31)34-11-13-38(22)24)16-5-7-17(8-6-16)25(39)35-20-14-19(9-10-33-20)27(28,29)30/h5-11,13-14,18H,2-4,12,15H2,1H3,(H2,31,34)(H,32,40)(H,33,35,39). The Labute approximate surface area is 227 Å². The maximum absolute atomic E-state index is 13.0. The van der Waals surface area contributed by atoms with E-state index in [-0.39, 0.29) is 29.1 Å². The highest BCUT2D eigenvalue weighted by Gasteiger charge is 2.31. The van der Waals surface area contributed by atoms with Crippen LogP contribution in [0.15, 0.2) is 55.0 Å². The maximum atomic E-state index is 13.0. The van der Waals surface area contributed by atoms with Crippen LogP contribution < -0.4 is 16.4 Å². The number of imidazole rings is 1. The number of nitrogens with zero attached hydrogens (tertiary/aromatic N) is 5. The predicted molar refractivity (Wildman–Crippen MR) is 143 cm³/mol. The van der Waals surface area contributed by atoms with Gasteiger partial charge in [0.25, 0.3) is 5.91 Å². The Balaban J connectivity index is 1.42. The Morgan fingerprint density at radius 1 is 1.12 bits per heavy atom. The van der Waals surface area contributed by atoms with Crippen LogP contribution in [0.25, 0.3) is 16.8 Å². The van der Waals surface area contributed by atoms with Crippen LogP contribution in [0, 0.1) is 0 Å². The summed E-state index contributed by atoms with van der Waals surface area (Å²) in [5.41, 5.74) is 7.43. The lowest BCUT2D eigenvalue weighted by Crippen LogP contribution is -2.45. The smallest absolute Gasteiger partial charge is 0.382 e. The molecule has 0 spiro atoms. The van der Waals surface area contributed by atoms with E-state index in [9.17, 15) is 22.8 Å². The maximum Gasteiger partial charge on any atom is 0.416 e. The zero-order chi connectivity index (χ0) is 28.4.